The lowest BCUT2D eigenvalue weighted by Gasteiger charge is -2.31. The first-order valence-corrected chi connectivity index (χ1v) is 10.7. The summed E-state index contributed by atoms with van der Waals surface area (Å²) in [6.07, 6.45) is 0.487. The van der Waals surface area contributed by atoms with Crippen molar-refractivity contribution in [3.8, 4) is 11.5 Å². The van der Waals surface area contributed by atoms with Gasteiger partial charge in [0.25, 0.3) is 5.91 Å². The third kappa shape index (κ3) is 3.22. The molecule has 10 heteroatoms. The van der Waals surface area contributed by atoms with Crippen molar-refractivity contribution in [3.63, 3.8) is 0 Å². The molecule has 2 aliphatic rings. The van der Waals surface area contributed by atoms with E-state index < -0.39 is 16.1 Å². The summed E-state index contributed by atoms with van der Waals surface area (Å²) in [7, 11) is -0.663. The smallest absolute Gasteiger partial charge is 0.256 e. The maximum Gasteiger partial charge on any atom is 0.256 e. The number of methoxy groups -OCH3 is 2. The van der Waals surface area contributed by atoms with Gasteiger partial charge in [-0.15, -0.1) is 0 Å². The van der Waals surface area contributed by atoms with Crippen LogP contribution in [0.1, 0.15) is 11.1 Å². The van der Waals surface area contributed by atoms with Crippen molar-refractivity contribution in [3.05, 3.63) is 47.5 Å². The SMILES string of the molecule is COc1cc2c(cc1OC)CN1C(=S)N(c3ccc(S(N)(=O)=O)cc3)C(=O)C1C2. The average Bonchev–Trinajstić information content (AvgIpc) is 2.94. The molecular weight excluding hydrogens is 414 g/mol. The van der Waals surface area contributed by atoms with Crippen LogP contribution in [0.25, 0.3) is 0 Å². The standard InChI is InChI=1S/C19H19N3O5S2/c1-26-16-8-11-7-15-18(23)22(13-3-5-14(6-4-13)29(20,24)25)19(28)21(15)10-12(11)9-17(16)27-2/h3-6,8-9,15H,7,10H2,1-2H3,(H2,20,24,25). The highest BCUT2D eigenvalue weighted by Gasteiger charge is 2.45. The number of benzene rings is 2. The molecule has 4 rings (SSSR count). The molecule has 1 fully saturated rings. The van der Waals surface area contributed by atoms with Gasteiger partial charge < -0.3 is 14.4 Å². The predicted octanol–water partition coefficient (Wildman–Crippen LogP) is 1.41. The lowest BCUT2D eigenvalue weighted by molar-refractivity contribution is -0.120. The zero-order valence-electron chi connectivity index (χ0n) is 15.8. The molecule has 29 heavy (non-hydrogen) atoms. The van der Waals surface area contributed by atoms with Gasteiger partial charge in [-0.1, -0.05) is 0 Å². The van der Waals surface area contributed by atoms with Crippen LogP contribution in [0.15, 0.2) is 41.3 Å². The quantitative estimate of drug-likeness (QED) is 0.728. The minimum atomic E-state index is -3.81. The van der Waals surface area contributed by atoms with E-state index in [1.807, 2.05) is 17.0 Å². The third-order valence-electron chi connectivity index (χ3n) is 5.20. The van der Waals surface area contributed by atoms with Gasteiger partial charge in [0.1, 0.15) is 6.04 Å². The van der Waals surface area contributed by atoms with Crippen LogP contribution >= 0.6 is 12.2 Å². The maximum absolute atomic E-state index is 13.1. The van der Waals surface area contributed by atoms with Crippen molar-refractivity contribution in [2.24, 2.45) is 5.14 Å². The molecule has 0 aliphatic carbocycles. The summed E-state index contributed by atoms with van der Waals surface area (Å²) in [5, 5.41) is 5.52. The lowest BCUT2D eigenvalue weighted by Crippen LogP contribution is -2.40. The van der Waals surface area contributed by atoms with Crippen LogP contribution in [-0.2, 0) is 27.8 Å². The molecule has 8 nitrogen and oxygen atoms in total. The Hall–Kier alpha value is -2.69. The van der Waals surface area contributed by atoms with Crippen LogP contribution in [0.3, 0.4) is 0 Å². The van der Waals surface area contributed by atoms with E-state index in [1.54, 1.807) is 14.2 Å². The lowest BCUT2D eigenvalue weighted by atomic mass is 9.94. The molecule has 0 radical (unpaired) electrons. The Kier molecular flexibility index (Phi) is 4.72. The van der Waals surface area contributed by atoms with Gasteiger partial charge in [-0.2, -0.15) is 0 Å². The van der Waals surface area contributed by atoms with Crippen molar-refractivity contribution >= 4 is 38.9 Å². The Morgan fingerprint density at radius 2 is 1.66 bits per heavy atom. The Labute approximate surface area is 173 Å². The van der Waals surface area contributed by atoms with E-state index in [2.05, 4.69) is 0 Å². The van der Waals surface area contributed by atoms with Crippen molar-refractivity contribution in [1.29, 1.82) is 0 Å². The van der Waals surface area contributed by atoms with Gasteiger partial charge in [0.15, 0.2) is 16.6 Å². The van der Waals surface area contributed by atoms with E-state index in [0.29, 0.717) is 35.3 Å². The second-order valence-corrected chi connectivity index (χ2v) is 8.75. The van der Waals surface area contributed by atoms with Crippen LogP contribution in [0.2, 0.25) is 0 Å². The number of hydrogen-bond donors (Lipinski definition) is 1. The molecule has 0 bridgehead atoms. The fourth-order valence-electron chi connectivity index (χ4n) is 3.73. The number of carbonyl (C=O) groups is 1. The van der Waals surface area contributed by atoms with Crippen molar-refractivity contribution < 1.29 is 22.7 Å². The Morgan fingerprint density at radius 1 is 1.07 bits per heavy atom. The number of ether oxygens (including phenoxy) is 2. The summed E-state index contributed by atoms with van der Waals surface area (Å²) in [4.78, 5) is 16.4. The third-order valence-corrected chi connectivity index (χ3v) is 6.55. The number of amides is 1. The topological polar surface area (TPSA) is 102 Å². The normalized spacial score (nSPS) is 18.5. The molecule has 1 atom stereocenters. The molecule has 1 unspecified atom stereocenters. The van der Waals surface area contributed by atoms with Gasteiger partial charge in [-0.05, 0) is 59.7 Å². The van der Waals surface area contributed by atoms with Crippen molar-refractivity contribution in [2.75, 3.05) is 19.1 Å². The number of nitrogens with zero attached hydrogens (tertiary/aromatic N) is 2. The first kappa shape index (κ1) is 19.6. The Balaban J connectivity index is 1.67. The summed E-state index contributed by atoms with van der Waals surface area (Å²) < 4.78 is 33.7. The zero-order valence-corrected chi connectivity index (χ0v) is 17.4. The number of carbonyl (C=O) groups excluding carboxylic acids is 1. The summed E-state index contributed by atoms with van der Waals surface area (Å²) in [5.74, 6) is 1.08. The minimum Gasteiger partial charge on any atom is -0.493 e. The number of fused-ring (bicyclic) bond motifs is 2. The summed E-state index contributed by atoms with van der Waals surface area (Å²) in [6, 6.07) is 9.16. The second-order valence-electron chi connectivity index (χ2n) is 6.82. The van der Waals surface area contributed by atoms with Crippen molar-refractivity contribution in [1.82, 2.24) is 4.90 Å². The fourth-order valence-corrected chi connectivity index (χ4v) is 4.63. The van der Waals surface area contributed by atoms with Crippen LogP contribution < -0.4 is 19.5 Å². The zero-order chi connectivity index (χ0) is 20.9. The number of anilines is 1. The van der Waals surface area contributed by atoms with Crippen molar-refractivity contribution in [2.45, 2.75) is 23.9 Å². The van der Waals surface area contributed by atoms with E-state index in [1.165, 1.54) is 29.2 Å². The second kappa shape index (κ2) is 6.97. The van der Waals surface area contributed by atoms with Gasteiger partial charge >= 0.3 is 0 Å². The van der Waals surface area contributed by atoms with Gasteiger partial charge in [0.2, 0.25) is 10.0 Å². The van der Waals surface area contributed by atoms with E-state index in [4.69, 9.17) is 26.8 Å². The summed E-state index contributed by atoms with van der Waals surface area (Å²) >= 11 is 5.57. The number of thiocarbonyl (C=S) groups is 1. The number of sulfonamides is 1. The Bertz CT molecular complexity index is 1060. The van der Waals surface area contributed by atoms with Gasteiger partial charge in [0.05, 0.1) is 24.8 Å². The van der Waals surface area contributed by atoms with Crippen LogP contribution in [0.5, 0.6) is 11.5 Å². The van der Waals surface area contributed by atoms with E-state index in [-0.39, 0.29) is 10.8 Å². The molecule has 2 aliphatic heterocycles. The highest BCUT2D eigenvalue weighted by Crippen LogP contribution is 2.38. The molecule has 2 N–H and O–H groups in total. The highest BCUT2D eigenvalue weighted by molar-refractivity contribution is 7.89. The van der Waals surface area contributed by atoms with E-state index in [9.17, 15) is 13.2 Å². The largest absolute Gasteiger partial charge is 0.493 e. The predicted molar refractivity (Wildman–Crippen MR) is 110 cm³/mol. The average molecular weight is 434 g/mol. The van der Waals surface area contributed by atoms with E-state index >= 15 is 0 Å². The first-order valence-electron chi connectivity index (χ1n) is 8.76. The first-order chi connectivity index (χ1) is 13.7. The Morgan fingerprint density at radius 3 is 2.21 bits per heavy atom. The monoisotopic (exact) mass is 433 g/mol. The molecule has 2 aromatic carbocycles. The van der Waals surface area contributed by atoms with Gasteiger partial charge in [0, 0.05) is 13.0 Å². The molecule has 0 saturated carbocycles. The molecular formula is C19H19N3O5S2. The number of nitrogens with two attached hydrogens (primary N) is 1. The number of primary sulfonamides is 1. The van der Waals surface area contributed by atoms with Crippen LogP contribution in [0.4, 0.5) is 5.69 Å². The summed E-state index contributed by atoms with van der Waals surface area (Å²) in [6.45, 7) is 0.469. The molecule has 1 saturated heterocycles. The summed E-state index contributed by atoms with van der Waals surface area (Å²) in [5.41, 5.74) is 2.52. The molecule has 152 valence electrons. The molecule has 2 heterocycles. The van der Waals surface area contributed by atoms with E-state index in [0.717, 1.165) is 11.1 Å². The molecule has 1 amide bonds. The minimum absolute atomic E-state index is 0.0249. The maximum atomic E-state index is 13.1. The van der Waals surface area contributed by atoms with Crippen LogP contribution in [0, 0.1) is 0 Å². The molecule has 0 aromatic heterocycles. The fraction of sp³-hybridized carbons (Fsp3) is 0.263. The molecule has 2 aromatic rings. The molecule has 0 spiro atoms. The van der Waals surface area contributed by atoms with Gasteiger partial charge in [-0.25, -0.2) is 13.6 Å². The number of hydrogen-bond acceptors (Lipinski definition) is 6. The number of rotatable bonds is 4. The highest BCUT2D eigenvalue weighted by atomic mass is 32.2. The van der Waals surface area contributed by atoms with Gasteiger partial charge in [-0.3, -0.25) is 9.69 Å². The van der Waals surface area contributed by atoms with Crippen LogP contribution in [-0.4, -0.2) is 44.6 Å².